The standard InChI is InChI=1S/C21H28FN5O/c1-15-6-4-7-16(2)19(15)28-13-11-25-21(23-3)26-17-9-12-27(14-17)20-18(22)8-5-10-24-20/h4-8,10,17H,9,11-14H2,1-3H3,(H2,23,25,26). The fourth-order valence-electron chi connectivity index (χ4n) is 3.42. The van der Waals surface area contributed by atoms with Crippen LogP contribution in [0.3, 0.4) is 0 Å². The van der Waals surface area contributed by atoms with Gasteiger partial charge in [-0.3, -0.25) is 4.99 Å². The largest absolute Gasteiger partial charge is 0.491 e. The minimum absolute atomic E-state index is 0.187. The van der Waals surface area contributed by atoms with Gasteiger partial charge in [-0.25, -0.2) is 9.37 Å². The SMILES string of the molecule is CN=C(NCCOc1c(C)cccc1C)NC1CCN(c2ncccc2F)C1. The second-order valence-electron chi connectivity index (χ2n) is 6.95. The number of rotatable bonds is 6. The van der Waals surface area contributed by atoms with Gasteiger partial charge in [-0.15, -0.1) is 0 Å². The molecule has 1 fully saturated rings. The monoisotopic (exact) mass is 385 g/mol. The van der Waals surface area contributed by atoms with E-state index in [4.69, 9.17) is 4.74 Å². The molecule has 1 atom stereocenters. The van der Waals surface area contributed by atoms with Crippen LogP contribution in [0.1, 0.15) is 17.5 Å². The minimum Gasteiger partial charge on any atom is -0.491 e. The summed E-state index contributed by atoms with van der Waals surface area (Å²) in [6.07, 6.45) is 2.52. The molecule has 1 unspecified atom stereocenters. The molecule has 1 aromatic heterocycles. The van der Waals surface area contributed by atoms with Crippen molar-refractivity contribution in [1.82, 2.24) is 15.6 Å². The normalized spacial score (nSPS) is 16.9. The highest BCUT2D eigenvalue weighted by Gasteiger charge is 2.25. The van der Waals surface area contributed by atoms with Crippen LogP contribution < -0.4 is 20.3 Å². The molecule has 0 spiro atoms. The van der Waals surface area contributed by atoms with Crippen molar-refractivity contribution >= 4 is 11.8 Å². The third-order valence-corrected chi connectivity index (χ3v) is 4.84. The number of benzene rings is 1. The highest BCUT2D eigenvalue weighted by atomic mass is 19.1. The molecular formula is C21H28FN5O. The van der Waals surface area contributed by atoms with Gasteiger partial charge in [0.15, 0.2) is 17.6 Å². The summed E-state index contributed by atoms with van der Waals surface area (Å²) in [6, 6.07) is 9.37. The Bertz CT molecular complexity index is 806. The van der Waals surface area contributed by atoms with E-state index in [9.17, 15) is 4.39 Å². The van der Waals surface area contributed by atoms with E-state index < -0.39 is 0 Å². The van der Waals surface area contributed by atoms with Crippen LogP contribution in [-0.4, -0.2) is 50.3 Å². The smallest absolute Gasteiger partial charge is 0.191 e. The highest BCUT2D eigenvalue weighted by Crippen LogP contribution is 2.22. The molecule has 0 radical (unpaired) electrons. The number of hydrogen-bond acceptors (Lipinski definition) is 4. The number of nitrogens with zero attached hydrogens (tertiary/aromatic N) is 3. The first-order valence-electron chi connectivity index (χ1n) is 9.60. The van der Waals surface area contributed by atoms with Crippen LogP contribution >= 0.6 is 0 Å². The van der Waals surface area contributed by atoms with Gasteiger partial charge in [-0.1, -0.05) is 18.2 Å². The Labute approximate surface area is 165 Å². The zero-order valence-corrected chi connectivity index (χ0v) is 16.7. The number of guanidine groups is 1. The van der Waals surface area contributed by atoms with Gasteiger partial charge in [-0.05, 0) is 43.5 Å². The Kier molecular flexibility index (Phi) is 6.68. The lowest BCUT2D eigenvalue weighted by molar-refractivity contribution is 0.317. The number of aliphatic imine (C=N–C) groups is 1. The number of pyridine rings is 1. The van der Waals surface area contributed by atoms with Crippen LogP contribution in [0.2, 0.25) is 0 Å². The molecule has 0 bridgehead atoms. The number of nitrogens with one attached hydrogen (secondary N) is 2. The quantitative estimate of drug-likeness (QED) is 0.455. The number of aryl methyl sites for hydroxylation is 2. The van der Waals surface area contributed by atoms with Crippen molar-refractivity contribution in [3.05, 3.63) is 53.5 Å². The van der Waals surface area contributed by atoms with E-state index in [1.54, 1.807) is 19.3 Å². The number of anilines is 1. The van der Waals surface area contributed by atoms with E-state index in [-0.39, 0.29) is 11.9 Å². The van der Waals surface area contributed by atoms with Crippen molar-refractivity contribution in [2.45, 2.75) is 26.3 Å². The molecule has 28 heavy (non-hydrogen) atoms. The number of halogens is 1. The Morgan fingerprint density at radius 2 is 2.07 bits per heavy atom. The molecule has 0 saturated carbocycles. The summed E-state index contributed by atoms with van der Waals surface area (Å²) in [6.45, 7) is 6.73. The second-order valence-corrected chi connectivity index (χ2v) is 6.95. The summed E-state index contributed by atoms with van der Waals surface area (Å²) in [5.74, 6) is 1.79. The number of ether oxygens (including phenoxy) is 1. The first-order chi connectivity index (χ1) is 13.6. The van der Waals surface area contributed by atoms with Gasteiger partial charge in [-0.2, -0.15) is 0 Å². The lowest BCUT2D eigenvalue weighted by Gasteiger charge is -2.20. The molecule has 2 heterocycles. The first-order valence-corrected chi connectivity index (χ1v) is 9.60. The van der Waals surface area contributed by atoms with Crippen LogP contribution in [0.25, 0.3) is 0 Å². The van der Waals surface area contributed by atoms with Gasteiger partial charge in [0, 0.05) is 32.4 Å². The lowest BCUT2D eigenvalue weighted by atomic mass is 10.1. The third kappa shape index (κ3) is 4.91. The summed E-state index contributed by atoms with van der Waals surface area (Å²) in [5, 5.41) is 6.67. The average Bonchev–Trinajstić information content (AvgIpc) is 3.14. The van der Waals surface area contributed by atoms with E-state index >= 15 is 0 Å². The summed E-state index contributed by atoms with van der Waals surface area (Å²) in [7, 11) is 1.74. The molecule has 7 heteroatoms. The van der Waals surface area contributed by atoms with Gasteiger partial charge in [0.2, 0.25) is 0 Å². The van der Waals surface area contributed by atoms with E-state index in [0.29, 0.717) is 25.5 Å². The molecule has 3 rings (SSSR count). The molecule has 0 amide bonds. The molecule has 0 aliphatic carbocycles. The van der Waals surface area contributed by atoms with E-state index in [0.717, 1.165) is 35.8 Å². The Morgan fingerprint density at radius 1 is 1.29 bits per heavy atom. The predicted molar refractivity (Wildman–Crippen MR) is 111 cm³/mol. The van der Waals surface area contributed by atoms with Gasteiger partial charge >= 0.3 is 0 Å². The Morgan fingerprint density at radius 3 is 2.79 bits per heavy atom. The van der Waals surface area contributed by atoms with Crippen molar-refractivity contribution in [2.24, 2.45) is 4.99 Å². The van der Waals surface area contributed by atoms with Gasteiger partial charge in [0.1, 0.15) is 12.4 Å². The molecule has 2 aromatic rings. The van der Waals surface area contributed by atoms with Crippen LogP contribution in [0.4, 0.5) is 10.2 Å². The summed E-state index contributed by atoms with van der Waals surface area (Å²) >= 11 is 0. The van der Waals surface area contributed by atoms with Crippen molar-refractivity contribution < 1.29 is 9.13 Å². The number of hydrogen-bond donors (Lipinski definition) is 2. The van der Waals surface area contributed by atoms with E-state index in [1.165, 1.54) is 6.07 Å². The molecule has 1 aromatic carbocycles. The maximum atomic E-state index is 13.9. The zero-order chi connectivity index (χ0) is 19.9. The maximum absolute atomic E-state index is 13.9. The molecule has 1 aliphatic rings. The van der Waals surface area contributed by atoms with Crippen LogP contribution in [-0.2, 0) is 0 Å². The van der Waals surface area contributed by atoms with Crippen LogP contribution in [0.5, 0.6) is 5.75 Å². The highest BCUT2D eigenvalue weighted by molar-refractivity contribution is 5.80. The topological polar surface area (TPSA) is 61.8 Å². The molecule has 150 valence electrons. The number of para-hydroxylation sites is 1. The van der Waals surface area contributed by atoms with Gasteiger partial charge in [0.05, 0.1) is 6.54 Å². The molecule has 2 N–H and O–H groups in total. The summed E-state index contributed by atoms with van der Waals surface area (Å²) in [5.41, 5.74) is 2.27. The van der Waals surface area contributed by atoms with Crippen LogP contribution in [0.15, 0.2) is 41.5 Å². The van der Waals surface area contributed by atoms with E-state index in [1.807, 2.05) is 36.9 Å². The fourth-order valence-corrected chi connectivity index (χ4v) is 3.42. The van der Waals surface area contributed by atoms with Crippen molar-refractivity contribution in [3.63, 3.8) is 0 Å². The molecular weight excluding hydrogens is 357 g/mol. The van der Waals surface area contributed by atoms with Crippen molar-refractivity contribution in [3.8, 4) is 5.75 Å². The Hall–Kier alpha value is -2.83. The number of aromatic nitrogens is 1. The molecule has 1 aliphatic heterocycles. The van der Waals surface area contributed by atoms with Crippen molar-refractivity contribution in [1.29, 1.82) is 0 Å². The van der Waals surface area contributed by atoms with Crippen molar-refractivity contribution in [2.75, 3.05) is 38.2 Å². The molecule has 6 nitrogen and oxygen atoms in total. The zero-order valence-electron chi connectivity index (χ0n) is 16.7. The van der Waals surface area contributed by atoms with Crippen LogP contribution in [0, 0.1) is 19.7 Å². The first kappa shape index (κ1) is 19.9. The molecule has 1 saturated heterocycles. The van der Waals surface area contributed by atoms with Gasteiger partial charge < -0.3 is 20.3 Å². The summed E-state index contributed by atoms with van der Waals surface area (Å²) < 4.78 is 19.8. The third-order valence-electron chi connectivity index (χ3n) is 4.84. The average molecular weight is 385 g/mol. The Balaban J connectivity index is 1.45. The van der Waals surface area contributed by atoms with Gasteiger partial charge in [0.25, 0.3) is 0 Å². The minimum atomic E-state index is -0.283. The maximum Gasteiger partial charge on any atom is 0.191 e. The van der Waals surface area contributed by atoms with E-state index in [2.05, 4.69) is 20.6 Å². The summed E-state index contributed by atoms with van der Waals surface area (Å²) in [4.78, 5) is 10.4. The fraction of sp³-hybridized carbons (Fsp3) is 0.429. The predicted octanol–water partition coefficient (Wildman–Crippen LogP) is 2.66. The second kappa shape index (κ2) is 9.39. The lowest BCUT2D eigenvalue weighted by Crippen LogP contribution is -2.45.